The molecular weight excluding hydrogens is 539 g/mol. The molecule has 5 rings (SSSR count). The highest BCUT2D eigenvalue weighted by Crippen LogP contribution is 2.31. The maximum atomic E-state index is 13.5. The first-order valence-electron chi connectivity index (χ1n) is 11.7. The van der Waals surface area contributed by atoms with Gasteiger partial charge >= 0.3 is 6.18 Å². The smallest absolute Gasteiger partial charge is 0.380 e. The number of hydrogen-bond donors (Lipinski definition) is 2. The third-order valence-electron chi connectivity index (χ3n) is 6.02. The van der Waals surface area contributed by atoms with Crippen LogP contribution in [0.3, 0.4) is 0 Å². The number of carbonyl (C=O) groups excluding carboxylic acids is 1. The number of amides is 1. The fourth-order valence-electron chi connectivity index (χ4n) is 4.23. The predicted molar refractivity (Wildman–Crippen MR) is 137 cm³/mol. The third kappa shape index (κ3) is 5.57. The molecular formula is C24H22F3N7O4S. The Labute approximate surface area is 220 Å². The van der Waals surface area contributed by atoms with Gasteiger partial charge in [0.1, 0.15) is 11.5 Å². The molecule has 4 aromatic rings. The molecule has 39 heavy (non-hydrogen) atoms. The number of halogens is 3. The molecule has 204 valence electrons. The summed E-state index contributed by atoms with van der Waals surface area (Å²) in [6.07, 6.45) is -1.99. The summed E-state index contributed by atoms with van der Waals surface area (Å²) in [4.78, 5) is 15.0. The number of aromatic nitrogens is 3. The van der Waals surface area contributed by atoms with Crippen molar-refractivity contribution in [3.63, 3.8) is 0 Å². The van der Waals surface area contributed by atoms with E-state index in [1.165, 1.54) is 30.3 Å². The normalized spacial score (nSPS) is 14.8. The van der Waals surface area contributed by atoms with Gasteiger partial charge in [0.15, 0.2) is 17.1 Å². The number of alkyl halides is 3. The van der Waals surface area contributed by atoms with Crippen molar-refractivity contribution in [1.82, 2.24) is 19.8 Å². The van der Waals surface area contributed by atoms with Crippen LogP contribution in [0.15, 0.2) is 57.5 Å². The van der Waals surface area contributed by atoms with Gasteiger partial charge in [0.25, 0.3) is 15.9 Å². The zero-order valence-electron chi connectivity index (χ0n) is 20.4. The van der Waals surface area contributed by atoms with E-state index in [0.717, 1.165) is 23.8 Å². The van der Waals surface area contributed by atoms with Gasteiger partial charge in [0, 0.05) is 30.4 Å². The lowest BCUT2D eigenvalue weighted by atomic mass is 10.1. The molecule has 11 nitrogen and oxygen atoms in total. The molecule has 0 bridgehead atoms. The number of fused-ring (bicyclic) bond motifs is 1. The highest BCUT2D eigenvalue weighted by atomic mass is 32.2. The van der Waals surface area contributed by atoms with E-state index in [1.54, 1.807) is 12.1 Å². The Morgan fingerprint density at radius 3 is 2.44 bits per heavy atom. The topological polar surface area (TPSA) is 149 Å². The second-order valence-corrected chi connectivity index (χ2v) is 10.6. The van der Waals surface area contributed by atoms with E-state index >= 15 is 0 Å². The van der Waals surface area contributed by atoms with Crippen LogP contribution >= 0.6 is 0 Å². The standard InChI is InChI=1S/C24H22F3N7O4S/c1-39(36,37)32-22(33-10-2-3-11-33)14-4-6-15(7-5-14)29-23(35)18-13-20(24(25,26)27)30-34(18)16-8-9-19-17(12-16)21(28)31-38-19/h4-9,12-13H,2-3,10-11H2,1H3,(H2,28,31)(H,29,35)/b32-22-. The van der Waals surface area contributed by atoms with Crippen molar-refractivity contribution in [1.29, 1.82) is 0 Å². The van der Waals surface area contributed by atoms with E-state index in [9.17, 15) is 26.4 Å². The Balaban J connectivity index is 1.46. The predicted octanol–water partition coefficient (Wildman–Crippen LogP) is 3.67. The Morgan fingerprint density at radius 2 is 1.79 bits per heavy atom. The van der Waals surface area contributed by atoms with Crippen molar-refractivity contribution < 1.29 is 30.9 Å². The van der Waals surface area contributed by atoms with Gasteiger partial charge < -0.3 is 20.5 Å². The van der Waals surface area contributed by atoms with Crippen LogP contribution in [0.5, 0.6) is 0 Å². The van der Waals surface area contributed by atoms with Gasteiger partial charge in [-0.2, -0.15) is 18.3 Å². The fourth-order valence-corrected chi connectivity index (χ4v) is 4.77. The van der Waals surface area contributed by atoms with E-state index in [4.69, 9.17) is 10.3 Å². The number of nitrogens with two attached hydrogens (primary N) is 1. The number of nitrogen functional groups attached to an aromatic ring is 1. The number of anilines is 2. The van der Waals surface area contributed by atoms with E-state index in [0.29, 0.717) is 41.5 Å². The number of nitrogens with one attached hydrogen (secondary N) is 1. The summed E-state index contributed by atoms with van der Waals surface area (Å²) in [6, 6.07) is 11.1. The molecule has 0 spiro atoms. The molecule has 1 amide bonds. The van der Waals surface area contributed by atoms with Crippen LogP contribution in [0.1, 0.15) is 34.6 Å². The van der Waals surface area contributed by atoms with Crippen molar-refractivity contribution in [3.8, 4) is 5.69 Å². The molecule has 0 saturated carbocycles. The van der Waals surface area contributed by atoms with Crippen LogP contribution in [0.25, 0.3) is 16.7 Å². The summed E-state index contributed by atoms with van der Waals surface area (Å²) in [7, 11) is -3.67. The fraction of sp³-hybridized carbons (Fsp3) is 0.250. The molecule has 0 aliphatic carbocycles. The molecule has 3 N–H and O–H groups in total. The molecule has 0 unspecified atom stereocenters. The lowest BCUT2D eigenvalue weighted by molar-refractivity contribution is -0.141. The summed E-state index contributed by atoms with van der Waals surface area (Å²) < 4.78 is 74.0. The Morgan fingerprint density at radius 1 is 1.10 bits per heavy atom. The highest BCUT2D eigenvalue weighted by Gasteiger charge is 2.36. The van der Waals surface area contributed by atoms with Gasteiger partial charge in [-0.05, 0) is 55.3 Å². The monoisotopic (exact) mass is 561 g/mol. The van der Waals surface area contributed by atoms with E-state index in [-0.39, 0.29) is 22.9 Å². The zero-order valence-corrected chi connectivity index (χ0v) is 21.3. The first-order chi connectivity index (χ1) is 18.4. The molecule has 2 aromatic carbocycles. The van der Waals surface area contributed by atoms with Gasteiger partial charge in [0.2, 0.25) is 0 Å². The summed E-state index contributed by atoms with van der Waals surface area (Å²) >= 11 is 0. The van der Waals surface area contributed by atoms with Crippen molar-refractivity contribution >= 4 is 44.2 Å². The lowest BCUT2D eigenvalue weighted by Crippen LogP contribution is -2.29. The van der Waals surface area contributed by atoms with Crippen molar-refractivity contribution in [2.75, 3.05) is 30.4 Å². The second-order valence-electron chi connectivity index (χ2n) is 8.95. The van der Waals surface area contributed by atoms with E-state index in [2.05, 4.69) is 20.0 Å². The number of sulfonamides is 1. The van der Waals surface area contributed by atoms with Crippen LogP contribution in [-0.4, -0.2) is 59.3 Å². The number of hydrogen-bond acceptors (Lipinski definition) is 7. The van der Waals surface area contributed by atoms with Gasteiger partial charge in [0.05, 0.1) is 17.3 Å². The molecule has 15 heteroatoms. The van der Waals surface area contributed by atoms with Crippen molar-refractivity contribution in [3.05, 3.63) is 65.5 Å². The minimum absolute atomic E-state index is 0.0360. The maximum Gasteiger partial charge on any atom is 0.435 e. The number of amidine groups is 1. The minimum Gasteiger partial charge on any atom is -0.380 e. The number of carbonyl (C=O) groups is 1. The quantitative estimate of drug-likeness (QED) is 0.277. The van der Waals surface area contributed by atoms with Crippen molar-refractivity contribution in [2.45, 2.75) is 19.0 Å². The van der Waals surface area contributed by atoms with Gasteiger partial charge in [-0.25, -0.2) is 13.1 Å². The number of likely N-dealkylation sites (tertiary alicyclic amines) is 1. The number of nitrogens with zero attached hydrogens (tertiary/aromatic N) is 5. The maximum absolute atomic E-state index is 13.5. The minimum atomic E-state index is -4.80. The van der Waals surface area contributed by atoms with Crippen molar-refractivity contribution in [2.24, 2.45) is 4.40 Å². The molecule has 1 saturated heterocycles. The van der Waals surface area contributed by atoms with Crippen LogP contribution in [0, 0.1) is 0 Å². The molecule has 0 atom stereocenters. The lowest BCUT2D eigenvalue weighted by Gasteiger charge is -2.20. The van der Waals surface area contributed by atoms with Gasteiger partial charge in [-0.3, -0.25) is 4.79 Å². The first-order valence-corrected chi connectivity index (χ1v) is 13.5. The van der Waals surface area contributed by atoms with Crippen LogP contribution in [0.2, 0.25) is 0 Å². The average molecular weight is 562 g/mol. The second kappa shape index (κ2) is 9.72. The summed E-state index contributed by atoms with van der Waals surface area (Å²) in [5, 5.41) is 10.1. The van der Waals surface area contributed by atoms with E-state index in [1.807, 2.05) is 4.90 Å². The highest BCUT2D eigenvalue weighted by molar-refractivity contribution is 7.89. The largest absolute Gasteiger partial charge is 0.435 e. The average Bonchev–Trinajstić information content (AvgIpc) is 3.63. The van der Waals surface area contributed by atoms with Gasteiger partial charge in [-0.15, -0.1) is 4.40 Å². The molecule has 1 aliphatic rings. The summed E-state index contributed by atoms with van der Waals surface area (Å²) in [5.74, 6) is -0.522. The van der Waals surface area contributed by atoms with Crippen LogP contribution in [-0.2, 0) is 16.2 Å². The van der Waals surface area contributed by atoms with Gasteiger partial charge in [-0.1, -0.05) is 5.16 Å². The number of benzene rings is 2. The SMILES string of the molecule is CS(=O)(=O)/N=C(/c1ccc(NC(=O)c2cc(C(F)(F)F)nn2-c2ccc3onc(N)c3c2)cc1)N1CCCC1. The number of rotatable bonds is 5. The Kier molecular flexibility index (Phi) is 6.54. The van der Waals surface area contributed by atoms with Crippen LogP contribution in [0.4, 0.5) is 24.7 Å². The zero-order chi connectivity index (χ0) is 27.9. The molecule has 2 aromatic heterocycles. The molecule has 1 aliphatic heterocycles. The molecule has 3 heterocycles. The summed E-state index contributed by atoms with van der Waals surface area (Å²) in [6.45, 7) is 1.31. The Hall–Kier alpha value is -4.40. The Bertz CT molecular complexity index is 1690. The first kappa shape index (κ1) is 26.2. The molecule has 1 fully saturated rings. The molecule has 0 radical (unpaired) electrons. The summed E-state index contributed by atoms with van der Waals surface area (Å²) in [5.41, 5.74) is 5.38. The van der Waals surface area contributed by atoms with E-state index < -0.39 is 27.8 Å². The third-order valence-corrected chi connectivity index (χ3v) is 6.52. The van der Waals surface area contributed by atoms with Crippen LogP contribution < -0.4 is 11.1 Å².